The number of nitrogens with zero attached hydrogens (tertiary/aromatic N) is 3. The van der Waals surface area contributed by atoms with Crippen LogP contribution >= 0.6 is 23.2 Å². The molecule has 10 heteroatoms. The molecule has 1 aromatic carbocycles. The zero-order valence-electron chi connectivity index (χ0n) is 12.0. The van der Waals surface area contributed by atoms with Crippen LogP contribution in [0.2, 0.25) is 5.02 Å². The van der Waals surface area contributed by atoms with Crippen LogP contribution in [-0.2, 0) is 10.0 Å². The normalized spacial score (nSPS) is 13.1. The van der Waals surface area contributed by atoms with Gasteiger partial charge in [0.15, 0.2) is 11.0 Å². The maximum atomic E-state index is 11.9. The van der Waals surface area contributed by atoms with Crippen LogP contribution in [0.15, 0.2) is 21.7 Å². The molecular weight excluding hydrogens is 339 g/mol. The molecule has 2 rings (SSSR count). The first-order valence-electron chi connectivity index (χ1n) is 5.83. The average Bonchev–Trinajstić information content (AvgIpc) is 2.75. The van der Waals surface area contributed by atoms with Crippen molar-refractivity contribution in [3.8, 4) is 0 Å². The maximum Gasteiger partial charge on any atom is 0.244 e. The molecule has 0 aliphatic rings. The lowest BCUT2D eigenvalue weighted by atomic mass is 10.3. The lowest BCUT2D eigenvalue weighted by molar-refractivity contribution is 0.315. The quantitative estimate of drug-likeness (QED) is 0.669. The van der Waals surface area contributed by atoms with Crippen LogP contribution in [0.3, 0.4) is 0 Å². The van der Waals surface area contributed by atoms with Gasteiger partial charge in [0.2, 0.25) is 10.0 Å². The highest BCUT2D eigenvalue weighted by Crippen LogP contribution is 2.26. The fourth-order valence-electron chi connectivity index (χ4n) is 1.31. The fraction of sp³-hybridized carbons (Fsp3) is 0.455. The summed E-state index contributed by atoms with van der Waals surface area (Å²) in [4.78, 5) is 1.92. The minimum atomic E-state index is -3.78. The molecule has 1 heterocycles. The van der Waals surface area contributed by atoms with Crippen molar-refractivity contribution in [3.05, 3.63) is 17.2 Å². The van der Waals surface area contributed by atoms with Gasteiger partial charge in [0.05, 0.1) is 10.5 Å². The molecule has 1 unspecified atom stereocenters. The van der Waals surface area contributed by atoms with Crippen molar-refractivity contribution < 1.29 is 13.0 Å². The first-order valence-corrected chi connectivity index (χ1v) is 8.13. The van der Waals surface area contributed by atoms with E-state index in [4.69, 9.17) is 23.2 Å². The second-order valence-corrected chi connectivity index (χ2v) is 7.33. The van der Waals surface area contributed by atoms with Crippen LogP contribution in [0.5, 0.6) is 0 Å². The van der Waals surface area contributed by atoms with E-state index in [2.05, 4.69) is 19.7 Å². The summed E-state index contributed by atoms with van der Waals surface area (Å²) in [6.45, 7) is 1.49. The molecule has 0 spiro atoms. The average molecular weight is 355 g/mol. The molecule has 0 aliphatic carbocycles. The van der Waals surface area contributed by atoms with E-state index in [0.717, 1.165) is 0 Å². The van der Waals surface area contributed by atoms with E-state index in [9.17, 15) is 8.42 Å². The van der Waals surface area contributed by atoms with E-state index in [1.807, 2.05) is 26.0 Å². The molecule has 0 saturated heterocycles. The molecule has 2 aromatic rings. The van der Waals surface area contributed by atoms with Gasteiger partial charge in [-0.3, -0.25) is 0 Å². The number of fused-ring (bicyclic) bond motifs is 1. The van der Waals surface area contributed by atoms with Gasteiger partial charge in [-0.1, -0.05) is 11.6 Å². The summed E-state index contributed by atoms with van der Waals surface area (Å²) >= 11 is 11.4. The van der Waals surface area contributed by atoms with Crippen molar-refractivity contribution >= 4 is 44.3 Å². The number of rotatable bonds is 3. The van der Waals surface area contributed by atoms with Crippen molar-refractivity contribution in [2.75, 3.05) is 21.1 Å². The molecule has 0 amide bonds. The summed E-state index contributed by atoms with van der Waals surface area (Å²) in [6, 6.07) is 2.72. The van der Waals surface area contributed by atoms with Crippen molar-refractivity contribution in [2.24, 2.45) is 0 Å². The Labute approximate surface area is 133 Å². The lowest BCUT2D eigenvalue weighted by Crippen LogP contribution is -2.28. The Morgan fingerprint density at radius 1 is 1.24 bits per heavy atom. The molecule has 1 N–H and O–H groups in total. The van der Waals surface area contributed by atoms with E-state index in [-0.39, 0.29) is 21.0 Å². The third-order valence-corrected chi connectivity index (χ3v) is 4.05. The summed E-state index contributed by atoms with van der Waals surface area (Å²) in [5.74, 6) is 0. The van der Waals surface area contributed by atoms with Crippen LogP contribution in [-0.4, -0.2) is 50.3 Å². The van der Waals surface area contributed by atoms with Crippen molar-refractivity contribution in [3.63, 3.8) is 0 Å². The van der Waals surface area contributed by atoms with Gasteiger partial charge in [0.25, 0.3) is 0 Å². The van der Waals surface area contributed by atoms with Gasteiger partial charge in [0.1, 0.15) is 4.90 Å². The van der Waals surface area contributed by atoms with Gasteiger partial charge in [-0.15, -0.1) is 11.6 Å². The van der Waals surface area contributed by atoms with Gasteiger partial charge in [0, 0.05) is 0 Å². The van der Waals surface area contributed by atoms with E-state index in [1.54, 1.807) is 0 Å². The molecule has 118 valence electrons. The van der Waals surface area contributed by atoms with Gasteiger partial charge < -0.3 is 4.90 Å². The summed E-state index contributed by atoms with van der Waals surface area (Å²) < 4.78 is 30.5. The highest BCUT2D eigenvalue weighted by Gasteiger charge is 2.22. The molecule has 21 heavy (non-hydrogen) atoms. The van der Waals surface area contributed by atoms with Gasteiger partial charge >= 0.3 is 0 Å². The predicted molar refractivity (Wildman–Crippen MR) is 82.1 cm³/mol. The Kier molecular flexibility index (Phi) is 6.36. The minimum absolute atomic E-state index is 0.0716. The van der Waals surface area contributed by atoms with Crippen LogP contribution < -0.4 is 4.72 Å². The largest absolute Gasteiger partial charge is 0.312 e. The minimum Gasteiger partial charge on any atom is -0.312 e. The predicted octanol–water partition coefficient (Wildman–Crippen LogP) is 1.92. The second-order valence-electron chi connectivity index (χ2n) is 4.59. The summed E-state index contributed by atoms with van der Waals surface area (Å²) in [6.07, 6.45) is 0. The fourth-order valence-corrected chi connectivity index (χ4v) is 3.04. The Morgan fingerprint density at radius 3 is 2.29 bits per heavy atom. The molecule has 0 fully saturated rings. The Bertz CT molecular complexity index is 698. The van der Waals surface area contributed by atoms with Crippen LogP contribution in [0.25, 0.3) is 11.0 Å². The molecule has 0 saturated carbocycles. The summed E-state index contributed by atoms with van der Waals surface area (Å²) in [5.41, 5.74) is -0.482. The van der Waals surface area contributed by atoms with Crippen LogP contribution in [0, 0.1) is 0 Å². The number of aromatic nitrogens is 2. The molecular formula is C11H16Cl2N4O3S. The number of alkyl halides is 1. The van der Waals surface area contributed by atoms with E-state index >= 15 is 0 Å². The van der Waals surface area contributed by atoms with Crippen molar-refractivity contribution in [1.29, 1.82) is 0 Å². The number of hydrogen-bond acceptors (Lipinski definition) is 6. The number of halogens is 2. The summed E-state index contributed by atoms with van der Waals surface area (Å²) in [5, 5.41) is 7.31. The summed E-state index contributed by atoms with van der Waals surface area (Å²) in [7, 11) is 2.22. The second kappa shape index (κ2) is 7.37. The first-order chi connectivity index (χ1) is 9.65. The van der Waals surface area contributed by atoms with Crippen molar-refractivity contribution in [1.82, 2.24) is 19.9 Å². The zero-order valence-corrected chi connectivity index (χ0v) is 14.3. The van der Waals surface area contributed by atoms with Gasteiger partial charge in [-0.2, -0.15) is 4.72 Å². The molecule has 0 aliphatic heterocycles. The Hall–Kier alpha value is -0.930. The molecule has 0 bridgehead atoms. The zero-order chi connectivity index (χ0) is 16.2. The Morgan fingerprint density at radius 2 is 1.76 bits per heavy atom. The Balaban J connectivity index is 0.000000491. The number of sulfonamides is 1. The van der Waals surface area contributed by atoms with Gasteiger partial charge in [-0.25, -0.2) is 13.0 Å². The third-order valence-electron chi connectivity index (χ3n) is 1.94. The van der Waals surface area contributed by atoms with E-state index in [1.165, 1.54) is 19.1 Å². The number of nitrogens with one attached hydrogen (secondary N) is 1. The first kappa shape index (κ1) is 18.1. The van der Waals surface area contributed by atoms with Crippen LogP contribution in [0.4, 0.5) is 0 Å². The molecule has 1 aromatic heterocycles. The van der Waals surface area contributed by atoms with Crippen LogP contribution in [0.1, 0.15) is 6.92 Å². The van der Waals surface area contributed by atoms with E-state index < -0.39 is 15.5 Å². The van der Waals surface area contributed by atoms with Gasteiger partial charge in [-0.05, 0) is 50.5 Å². The maximum absolute atomic E-state index is 11.9. The molecule has 1 atom stereocenters. The number of hydrogen-bond donors (Lipinski definition) is 1. The topological polar surface area (TPSA) is 88.3 Å². The molecule has 0 radical (unpaired) electrons. The highest BCUT2D eigenvalue weighted by atomic mass is 35.5. The monoisotopic (exact) mass is 354 g/mol. The smallest absolute Gasteiger partial charge is 0.244 e. The molecule has 7 nitrogen and oxygen atoms in total. The SMILES string of the molecule is CC(Cl)NS(=O)(=O)c1ccc(Cl)c2nonc12.CN(C)C. The lowest BCUT2D eigenvalue weighted by Gasteiger charge is -2.07. The van der Waals surface area contributed by atoms with Crippen molar-refractivity contribution in [2.45, 2.75) is 17.3 Å². The van der Waals surface area contributed by atoms with E-state index in [0.29, 0.717) is 0 Å². The number of benzene rings is 1. The third kappa shape index (κ3) is 5.08. The standard InChI is InChI=1S/C8H7Cl2N3O3S.C3H9N/c1-4(9)13-17(14,15)6-3-2-5(10)7-8(6)12-16-11-7;1-4(2)3/h2-4,13H,1H3;1-3H3. The highest BCUT2D eigenvalue weighted by molar-refractivity contribution is 7.89.